The number of benzene rings is 2. The van der Waals surface area contributed by atoms with Gasteiger partial charge in [0.25, 0.3) is 0 Å². The molecule has 0 radical (unpaired) electrons. The highest BCUT2D eigenvalue weighted by molar-refractivity contribution is 7.98. The molecular weight excluding hydrogens is 396 g/mol. The van der Waals surface area contributed by atoms with Crippen LogP contribution in [0.3, 0.4) is 0 Å². The fraction of sp³-hybridized carbons (Fsp3) is 0.261. The predicted octanol–water partition coefficient (Wildman–Crippen LogP) is 5.79. The number of nitrogens with zero attached hydrogens (tertiary/aromatic N) is 4. The zero-order valence-electron chi connectivity index (χ0n) is 16.9. The van der Waals surface area contributed by atoms with Crippen LogP contribution in [-0.2, 0) is 18.6 Å². The van der Waals surface area contributed by atoms with E-state index in [1.807, 2.05) is 6.07 Å². The summed E-state index contributed by atoms with van der Waals surface area (Å²) in [5, 5.41) is 13.3. The van der Waals surface area contributed by atoms with Gasteiger partial charge in [-0.05, 0) is 37.5 Å². The number of rotatable bonds is 7. The molecule has 2 aromatic carbocycles. The van der Waals surface area contributed by atoms with Crippen molar-refractivity contribution in [2.45, 2.75) is 44.5 Å². The molecule has 148 valence electrons. The van der Waals surface area contributed by atoms with Gasteiger partial charge in [0.1, 0.15) is 5.82 Å². The van der Waals surface area contributed by atoms with Crippen LogP contribution in [0.25, 0.3) is 5.69 Å². The van der Waals surface area contributed by atoms with Gasteiger partial charge >= 0.3 is 0 Å². The van der Waals surface area contributed by atoms with Crippen molar-refractivity contribution in [2.75, 3.05) is 0 Å². The third-order valence-electron chi connectivity index (χ3n) is 4.75. The molecule has 0 bridgehead atoms. The van der Waals surface area contributed by atoms with Crippen LogP contribution in [0.2, 0.25) is 0 Å². The minimum Gasteiger partial charge on any atom is -0.273 e. The SMILES string of the molecule is CCc1nc(CSc2nnc(Cc3ccccc3)n2-c2ccc(C)cc2C)cs1. The molecule has 4 rings (SSSR count). The first-order valence-electron chi connectivity index (χ1n) is 9.76. The molecule has 6 heteroatoms. The molecule has 4 aromatic rings. The van der Waals surface area contributed by atoms with Gasteiger partial charge in [0.15, 0.2) is 5.16 Å². The number of aryl methyl sites for hydroxylation is 3. The van der Waals surface area contributed by atoms with Crippen LogP contribution >= 0.6 is 23.1 Å². The van der Waals surface area contributed by atoms with Gasteiger partial charge in [-0.1, -0.05) is 66.7 Å². The second-order valence-corrected chi connectivity index (χ2v) is 8.95. The quantitative estimate of drug-likeness (QED) is 0.355. The number of hydrogen-bond donors (Lipinski definition) is 0. The van der Waals surface area contributed by atoms with Gasteiger partial charge in [0, 0.05) is 17.6 Å². The minimum absolute atomic E-state index is 0.748. The molecule has 0 aliphatic heterocycles. The van der Waals surface area contributed by atoms with Gasteiger partial charge in [-0.3, -0.25) is 4.57 Å². The van der Waals surface area contributed by atoms with Crippen LogP contribution in [0.1, 0.15) is 40.1 Å². The Kier molecular flexibility index (Phi) is 6.11. The van der Waals surface area contributed by atoms with Crippen molar-refractivity contribution in [2.24, 2.45) is 0 Å². The summed E-state index contributed by atoms with van der Waals surface area (Å²) >= 11 is 3.43. The highest BCUT2D eigenvalue weighted by Crippen LogP contribution is 2.28. The van der Waals surface area contributed by atoms with Crippen LogP contribution in [0.4, 0.5) is 0 Å². The lowest BCUT2D eigenvalue weighted by Crippen LogP contribution is -2.06. The van der Waals surface area contributed by atoms with Crippen LogP contribution in [-0.4, -0.2) is 19.7 Å². The summed E-state index contributed by atoms with van der Waals surface area (Å²) in [6.45, 7) is 6.41. The maximum atomic E-state index is 4.69. The molecule has 0 aliphatic rings. The minimum atomic E-state index is 0.748. The summed E-state index contributed by atoms with van der Waals surface area (Å²) in [4.78, 5) is 4.69. The Morgan fingerprint density at radius 2 is 1.86 bits per heavy atom. The Balaban J connectivity index is 1.68. The maximum Gasteiger partial charge on any atom is 0.196 e. The van der Waals surface area contributed by atoms with Gasteiger partial charge in [-0.15, -0.1) is 21.5 Å². The standard InChI is InChI=1S/C23H24N4S2/c1-4-22-24-19(14-28-22)15-29-23-26-25-21(13-18-8-6-5-7-9-18)27(23)20-11-10-16(2)12-17(20)3/h5-12,14H,4,13,15H2,1-3H3. The van der Waals surface area contributed by atoms with Crippen molar-refractivity contribution in [1.29, 1.82) is 0 Å². The topological polar surface area (TPSA) is 43.6 Å². The molecule has 0 fully saturated rings. The number of thioether (sulfide) groups is 1. The lowest BCUT2D eigenvalue weighted by Gasteiger charge is -2.13. The van der Waals surface area contributed by atoms with E-state index in [2.05, 4.69) is 83.4 Å². The zero-order chi connectivity index (χ0) is 20.2. The molecule has 4 nitrogen and oxygen atoms in total. The smallest absolute Gasteiger partial charge is 0.196 e. The molecule has 0 atom stereocenters. The lowest BCUT2D eigenvalue weighted by atomic mass is 10.1. The first-order chi connectivity index (χ1) is 14.1. The predicted molar refractivity (Wildman–Crippen MR) is 121 cm³/mol. The fourth-order valence-electron chi connectivity index (χ4n) is 3.30. The molecule has 0 amide bonds. The highest BCUT2D eigenvalue weighted by atomic mass is 32.2. The zero-order valence-corrected chi connectivity index (χ0v) is 18.6. The fourth-order valence-corrected chi connectivity index (χ4v) is 5.01. The van der Waals surface area contributed by atoms with Crippen LogP contribution < -0.4 is 0 Å². The normalized spacial score (nSPS) is 11.1. The second-order valence-electron chi connectivity index (χ2n) is 7.06. The average molecular weight is 421 g/mol. The molecule has 2 heterocycles. The van der Waals surface area contributed by atoms with E-state index in [1.54, 1.807) is 23.1 Å². The van der Waals surface area contributed by atoms with Gasteiger partial charge < -0.3 is 0 Å². The number of hydrogen-bond acceptors (Lipinski definition) is 5. The van der Waals surface area contributed by atoms with E-state index < -0.39 is 0 Å². The van der Waals surface area contributed by atoms with E-state index in [4.69, 9.17) is 4.98 Å². The largest absolute Gasteiger partial charge is 0.273 e. The van der Waals surface area contributed by atoms with Crippen molar-refractivity contribution >= 4 is 23.1 Å². The molecular formula is C23H24N4S2. The van der Waals surface area contributed by atoms with E-state index in [9.17, 15) is 0 Å². The van der Waals surface area contributed by atoms with Gasteiger partial charge in [0.05, 0.1) is 16.4 Å². The third kappa shape index (κ3) is 4.60. The monoisotopic (exact) mass is 420 g/mol. The van der Waals surface area contributed by atoms with E-state index in [1.165, 1.54) is 21.7 Å². The average Bonchev–Trinajstić information content (AvgIpc) is 3.34. The summed E-state index contributed by atoms with van der Waals surface area (Å²) in [6, 6.07) is 17.0. The number of thiazole rings is 1. The third-order valence-corrected chi connectivity index (χ3v) is 6.75. The van der Waals surface area contributed by atoms with Gasteiger partial charge in [-0.2, -0.15) is 0 Å². The first kappa shape index (κ1) is 19.9. The van der Waals surface area contributed by atoms with E-state index in [0.717, 1.165) is 41.0 Å². The summed E-state index contributed by atoms with van der Waals surface area (Å²) in [5.74, 6) is 1.75. The molecule has 0 N–H and O–H groups in total. The molecule has 0 saturated heterocycles. The summed E-state index contributed by atoms with van der Waals surface area (Å²) in [6.07, 6.45) is 1.73. The maximum absolute atomic E-state index is 4.69. The lowest BCUT2D eigenvalue weighted by molar-refractivity contribution is 0.840. The van der Waals surface area contributed by atoms with Crippen molar-refractivity contribution in [1.82, 2.24) is 19.7 Å². The van der Waals surface area contributed by atoms with Crippen molar-refractivity contribution < 1.29 is 0 Å². The second kappa shape index (κ2) is 8.93. The van der Waals surface area contributed by atoms with Crippen molar-refractivity contribution in [3.8, 4) is 5.69 Å². The Bertz CT molecular complexity index is 1100. The summed E-state index contributed by atoms with van der Waals surface area (Å²) in [5.41, 5.74) is 5.96. The number of aromatic nitrogens is 4. The first-order valence-corrected chi connectivity index (χ1v) is 11.6. The van der Waals surface area contributed by atoms with Crippen molar-refractivity contribution in [3.63, 3.8) is 0 Å². The Labute approximate surface area is 180 Å². The van der Waals surface area contributed by atoms with Crippen LogP contribution in [0, 0.1) is 13.8 Å². The Hall–Kier alpha value is -2.44. The molecule has 29 heavy (non-hydrogen) atoms. The summed E-state index contributed by atoms with van der Waals surface area (Å²) in [7, 11) is 0. The van der Waals surface area contributed by atoms with Gasteiger partial charge in [-0.25, -0.2) is 4.98 Å². The van der Waals surface area contributed by atoms with Crippen molar-refractivity contribution in [3.05, 3.63) is 87.1 Å². The van der Waals surface area contributed by atoms with Gasteiger partial charge in [0.2, 0.25) is 0 Å². The van der Waals surface area contributed by atoms with E-state index in [-0.39, 0.29) is 0 Å². The Morgan fingerprint density at radius 3 is 2.59 bits per heavy atom. The molecule has 0 aliphatic carbocycles. The highest BCUT2D eigenvalue weighted by Gasteiger charge is 2.17. The Morgan fingerprint density at radius 1 is 1.03 bits per heavy atom. The van der Waals surface area contributed by atoms with E-state index in [0.29, 0.717) is 0 Å². The van der Waals surface area contributed by atoms with Crippen LogP contribution in [0.15, 0.2) is 59.1 Å². The molecule has 0 spiro atoms. The molecule has 2 aromatic heterocycles. The molecule has 0 unspecified atom stereocenters. The van der Waals surface area contributed by atoms with E-state index >= 15 is 0 Å². The van der Waals surface area contributed by atoms with Crippen LogP contribution in [0.5, 0.6) is 0 Å². The summed E-state index contributed by atoms with van der Waals surface area (Å²) < 4.78 is 2.21. The molecule has 0 saturated carbocycles.